The number of anilines is 1. The second kappa shape index (κ2) is 5.72. The van der Waals surface area contributed by atoms with Crippen LogP contribution in [-0.4, -0.2) is 18.0 Å². The SMILES string of the molecule is CC(C)(C)C1CCN(Cc2ccc(N)c(Cl)c2)CC1. The molecule has 0 atom stereocenters. The van der Waals surface area contributed by atoms with E-state index in [0.717, 1.165) is 12.5 Å². The Kier molecular flexibility index (Phi) is 4.42. The molecule has 1 heterocycles. The van der Waals surface area contributed by atoms with Gasteiger partial charge < -0.3 is 5.73 Å². The van der Waals surface area contributed by atoms with Crippen molar-refractivity contribution < 1.29 is 0 Å². The van der Waals surface area contributed by atoms with Gasteiger partial charge in [-0.3, -0.25) is 4.90 Å². The van der Waals surface area contributed by atoms with E-state index in [1.54, 1.807) is 0 Å². The van der Waals surface area contributed by atoms with Crippen LogP contribution in [0, 0.1) is 11.3 Å². The molecule has 1 aromatic rings. The van der Waals surface area contributed by atoms with Crippen LogP contribution in [0.1, 0.15) is 39.2 Å². The molecule has 0 saturated carbocycles. The molecule has 0 amide bonds. The minimum Gasteiger partial charge on any atom is -0.398 e. The smallest absolute Gasteiger partial charge is 0.0638 e. The summed E-state index contributed by atoms with van der Waals surface area (Å²) in [6.07, 6.45) is 2.60. The summed E-state index contributed by atoms with van der Waals surface area (Å²) in [5.41, 5.74) is 8.10. The van der Waals surface area contributed by atoms with Gasteiger partial charge in [0.05, 0.1) is 10.7 Å². The summed E-state index contributed by atoms with van der Waals surface area (Å²) in [5, 5.41) is 0.669. The van der Waals surface area contributed by atoms with Crippen molar-refractivity contribution in [3.05, 3.63) is 28.8 Å². The van der Waals surface area contributed by atoms with Crippen molar-refractivity contribution in [1.82, 2.24) is 4.90 Å². The standard InChI is InChI=1S/C16H25ClN2/c1-16(2,3)13-6-8-19(9-7-13)11-12-4-5-15(18)14(17)10-12/h4-5,10,13H,6-9,11,18H2,1-3H3. The van der Waals surface area contributed by atoms with Crippen LogP contribution in [0.2, 0.25) is 5.02 Å². The third kappa shape index (κ3) is 3.87. The lowest BCUT2D eigenvalue weighted by atomic mass is 9.75. The fraction of sp³-hybridized carbons (Fsp3) is 0.625. The molecule has 19 heavy (non-hydrogen) atoms. The fourth-order valence-corrected chi connectivity index (χ4v) is 3.09. The number of hydrogen-bond donors (Lipinski definition) is 1. The van der Waals surface area contributed by atoms with Gasteiger partial charge in [-0.25, -0.2) is 0 Å². The second-order valence-corrected chi connectivity index (χ2v) is 7.18. The molecule has 2 rings (SSSR count). The first-order valence-corrected chi connectivity index (χ1v) is 7.50. The fourth-order valence-electron chi connectivity index (χ4n) is 2.88. The Morgan fingerprint density at radius 3 is 2.42 bits per heavy atom. The molecule has 0 bridgehead atoms. The molecule has 1 saturated heterocycles. The van der Waals surface area contributed by atoms with E-state index in [0.29, 0.717) is 16.1 Å². The first-order chi connectivity index (χ1) is 8.86. The largest absolute Gasteiger partial charge is 0.398 e. The topological polar surface area (TPSA) is 29.3 Å². The minimum absolute atomic E-state index is 0.441. The van der Waals surface area contributed by atoms with E-state index in [-0.39, 0.29) is 0 Å². The summed E-state index contributed by atoms with van der Waals surface area (Å²) >= 11 is 6.07. The summed E-state index contributed by atoms with van der Waals surface area (Å²) in [5.74, 6) is 0.846. The van der Waals surface area contributed by atoms with E-state index in [4.69, 9.17) is 17.3 Å². The lowest BCUT2D eigenvalue weighted by Crippen LogP contribution is -2.37. The number of hydrogen-bond acceptors (Lipinski definition) is 2. The van der Waals surface area contributed by atoms with E-state index in [1.165, 1.54) is 31.5 Å². The summed E-state index contributed by atoms with van der Waals surface area (Å²) in [6, 6.07) is 5.98. The highest BCUT2D eigenvalue weighted by Crippen LogP contribution is 2.34. The van der Waals surface area contributed by atoms with Gasteiger partial charge in [-0.1, -0.05) is 38.4 Å². The van der Waals surface area contributed by atoms with Crippen LogP contribution in [0.15, 0.2) is 18.2 Å². The Bertz CT molecular complexity index is 429. The summed E-state index contributed by atoms with van der Waals surface area (Å²) in [6.45, 7) is 10.4. The molecule has 0 radical (unpaired) electrons. The summed E-state index contributed by atoms with van der Waals surface area (Å²) < 4.78 is 0. The maximum absolute atomic E-state index is 6.07. The van der Waals surface area contributed by atoms with Crippen molar-refractivity contribution in [2.75, 3.05) is 18.8 Å². The van der Waals surface area contributed by atoms with Crippen molar-refractivity contribution in [3.63, 3.8) is 0 Å². The second-order valence-electron chi connectivity index (χ2n) is 6.77. The quantitative estimate of drug-likeness (QED) is 0.824. The highest BCUT2D eigenvalue weighted by Gasteiger charge is 2.28. The molecular weight excluding hydrogens is 256 g/mol. The molecule has 0 aromatic heterocycles. The van der Waals surface area contributed by atoms with E-state index >= 15 is 0 Å². The van der Waals surface area contributed by atoms with Crippen molar-refractivity contribution >= 4 is 17.3 Å². The van der Waals surface area contributed by atoms with E-state index in [9.17, 15) is 0 Å². The van der Waals surface area contributed by atoms with Crippen LogP contribution in [0.3, 0.4) is 0 Å². The van der Waals surface area contributed by atoms with E-state index < -0.39 is 0 Å². The van der Waals surface area contributed by atoms with Crippen LogP contribution in [-0.2, 0) is 6.54 Å². The average Bonchev–Trinajstić information content (AvgIpc) is 2.33. The normalized spacial score (nSPS) is 18.7. The molecule has 1 aromatic carbocycles. The molecule has 1 fully saturated rings. The first kappa shape index (κ1) is 14.7. The zero-order valence-electron chi connectivity index (χ0n) is 12.2. The van der Waals surface area contributed by atoms with Crippen molar-refractivity contribution in [3.8, 4) is 0 Å². The molecule has 3 heteroatoms. The maximum atomic E-state index is 6.07. The number of likely N-dealkylation sites (tertiary alicyclic amines) is 1. The highest BCUT2D eigenvalue weighted by molar-refractivity contribution is 6.33. The number of nitrogens with two attached hydrogens (primary N) is 1. The van der Waals surface area contributed by atoms with E-state index in [1.807, 2.05) is 12.1 Å². The number of piperidine rings is 1. The lowest BCUT2D eigenvalue weighted by Gasteiger charge is -2.38. The molecule has 2 nitrogen and oxygen atoms in total. The van der Waals surface area contributed by atoms with Gasteiger partial charge in [0.2, 0.25) is 0 Å². The number of benzene rings is 1. The molecule has 1 aliphatic heterocycles. The molecule has 2 N–H and O–H groups in total. The van der Waals surface area contributed by atoms with Gasteiger partial charge in [0.25, 0.3) is 0 Å². The minimum atomic E-state index is 0.441. The monoisotopic (exact) mass is 280 g/mol. The Labute approximate surface area is 121 Å². The third-order valence-corrected chi connectivity index (χ3v) is 4.61. The Morgan fingerprint density at radius 1 is 1.26 bits per heavy atom. The highest BCUT2D eigenvalue weighted by atomic mass is 35.5. The Balaban J connectivity index is 1.90. The average molecular weight is 281 g/mol. The number of nitrogen functional groups attached to an aromatic ring is 1. The van der Waals surface area contributed by atoms with Crippen molar-refractivity contribution in [1.29, 1.82) is 0 Å². The van der Waals surface area contributed by atoms with E-state index in [2.05, 4.69) is 31.7 Å². The maximum Gasteiger partial charge on any atom is 0.0638 e. The predicted molar refractivity (Wildman–Crippen MR) is 83.3 cm³/mol. The van der Waals surface area contributed by atoms with Crippen molar-refractivity contribution in [2.45, 2.75) is 40.2 Å². The van der Waals surface area contributed by atoms with Gasteiger partial charge in [-0.2, -0.15) is 0 Å². The third-order valence-electron chi connectivity index (χ3n) is 4.28. The van der Waals surface area contributed by atoms with Gasteiger partial charge in [-0.05, 0) is 55.0 Å². The number of nitrogens with zero attached hydrogens (tertiary/aromatic N) is 1. The lowest BCUT2D eigenvalue weighted by molar-refractivity contribution is 0.108. The van der Waals surface area contributed by atoms with Crippen LogP contribution < -0.4 is 5.73 Å². The van der Waals surface area contributed by atoms with Crippen molar-refractivity contribution in [2.24, 2.45) is 11.3 Å². The van der Waals surface area contributed by atoms with Gasteiger partial charge in [0, 0.05) is 6.54 Å². The molecule has 106 valence electrons. The van der Waals surface area contributed by atoms with Crippen LogP contribution in [0.25, 0.3) is 0 Å². The Hall–Kier alpha value is -0.730. The predicted octanol–water partition coefficient (Wildman–Crippen LogP) is 4.18. The molecule has 0 unspecified atom stereocenters. The molecule has 0 aliphatic carbocycles. The zero-order valence-corrected chi connectivity index (χ0v) is 13.0. The summed E-state index contributed by atoms with van der Waals surface area (Å²) in [4.78, 5) is 2.52. The van der Waals surface area contributed by atoms with Gasteiger partial charge in [0.15, 0.2) is 0 Å². The Morgan fingerprint density at radius 2 is 1.89 bits per heavy atom. The van der Waals surface area contributed by atoms with Gasteiger partial charge in [0.1, 0.15) is 0 Å². The zero-order chi connectivity index (χ0) is 14.0. The summed E-state index contributed by atoms with van der Waals surface area (Å²) in [7, 11) is 0. The number of rotatable bonds is 2. The van der Waals surface area contributed by atoms with Crippen LogP contribution in [0.4, 0.5) is 5.69 Å². The van der Waals surface area contributed by atoms with Crippen LogP contribution in [0.5, 0.6) is 0 Å². The first-order valence-electron chi connectivity index (χ1n) is 7.12. The van der Waals surface area contributed by atoms with Crippen LogP contribution >= 0.6 is 11.6 Å². The number of halogens is 1. The molecular formula is C16H25ClN2. The molecule has 1 aliphatic rings. The molecule has 0 spiro atoms. The van der Waals surface area contributed by atoms with Gasteiger partial charge in [-0.15, -0.1) is 0 Å². The van der Waals surface area contributed by atoms with Gasteiger partial charge >= 0.3 is 0 Å².